The Bertz CT molecular complexity index is 392. The van der Waals surface area contributed by atoms with Crippen molar-refractivity contribution in [2.45, 2.75) is 31.4 Å². The third kappa shape index (κ3) is 2.84. The lowest BCUT2D eigenvalue weighted by molar-refractivity contribution is -0.132. The van der Waals surface area contributed by atoms with Crippen molar-refractivity contribution in [2.75, 3.05) is 33.4 Å². The van der Waals surface area contributed by atoms with Crippen LogP contribution in [0.25, 0.3) is 0 Å². The zero-order chi connectivity index (χ0) is 13.8. The minimum atomic E-state index is -3.41. The Hall–Kier alpha value is -0.660. The van der Waals surface area contributed by atoms with E-state index in [1.165, 1.54) is 13.8 Å². The number of amides is 1. The van der Waals surface area contributed by atoms with Crippen molar-refractivity contribution < 1.29 is 17.9 Å². The second-order valence-corrected chi connectivity index (χ2v) is 7.25. The summed E-state index contributed by atoms with van der Waals surface area (Å²) in [5.41, 5.74) is 0. The van der Waals surface area contributed by atoms with E-state index in [0.29, 0.717) is 13.0 Å². The van der Waals surface area contributed by atoms with E-state index in [1.807, 2.05) is 0 Å². The fraction of sp³-hybridized carbons (Fsp3) is 0.909. The molecule has 1 aliphatic rings. The molecule has 0 radical (unpaired) electrons. The molecule has 7 heteroatoms. The molecule has 0 aliphatic carbocycles. The highest BCUT2D eigenvalue weighted by atomic mass is 32.2. The molecule has 0 saturated carbocycles. The van der Waals surface area contributed by atoms with Crippen molar-refractivity contribution in [1.82, 2.24) is 9.62 Å². The molecule has 1 heterocycles. The average molecular weight is 278 g/mol. The summed E-state index contributed by atoms with van der Waals surface area (Å²) in [6.07, 6.45) is 1.52. The number of carbonyl (C=O) groups is 1. The van der Waals surface area contributed by atoms with Crippen molar-refractivity contribution in [3.05, 3.63) is 0 Å². The van der Waals surface area contributed by atoms with E-state index < -0.39 is 14.8 Å². The van der Waals surface area contributed by atoms with E-state index in [-0.39, 0.29) is 12.5 Å². The summed E-state index contributed by atoms with van der Waals surface area (Å²) < 4.78 is 28.2. The molecular formula is C11H22N2O4S. The van der Waals surface area contributed by atoms with Crippen molar-refractivity contribution in [1.29, 1.82) is 0 Å². The molecule has 18 heavy (non-hydrogen) atoms. The third-order valence-corrected chi connectivity index (χ3v) is 5.52. The van der Waals surface area contributed by atoms with E-state index in [9.17, 15) is 13.2 Å². The van der Waals surface area contributed by atoms with Crippen molar-refractivity contribution in [3.63, 3.8) is 0 Å². The number of nitrogens with zero attached hydrogens (tertiary/aromatic N) is 1. The molecule has 0 spiro atoms. The highest BCUT2D eigenvalue weighted by molar-refractivity contribution is 7.94. The summed E-state index contributed by atoms with van der Waals surface area (Å²) in [4.78, 5) is 11.6. The molecule has 1 amide bonds. The van der Waals surface area contributed by atoms with Crippen LogP contribution in [0.15, 0.2) is 0 Å². The predicted molar refractivity (Wildman–Crippen MR) is 68.7 cm³/mol. The van der Waals surface area contributed by atoms with Crippen LogP contribution in [0, 0.1) is 0 Å². The highest BCUT2D eigenvalue weighted by Gasteiger charge is 2.59. The zero-order valence-corrected chi connectivity index (χ0v) is 12.0. The molecule has 0 aromatic heterocycles. The predicted octanol–water partition coefficient (Wildman–Crippen LogP) is -0.0468. The van der Waals surface area contributed by atoms with Gasteiger partial charge in [0.15, 0.2) is 4.75 Å². The van der Waals surface area contributed by atoms with Crippen molar-refractivity contribution >= 4 is 15.9 Å². The monoisotopic (exact) mass is 278 g/mol. The zero-order valence-electron chi connectivity index (χ0n) is 11.2. The maximum Gasteiger partial charge on any atom is 0.258 e. The van der Waals surface area contributed by atoms with Crippen LogP contribution >= 0.6 is 0 Å². The Balaban J connectivity index is 2.20. The van der Waals surface area contributed by atoms with Crippen LogP contribution in [-0.2, 0) is 19.6 Å². The fourth-order valence-corrected chi connectivity index (χ4v) is 3.35. The smallest absolute Gasteiger partial charge is 0.258 e. The highest BCUT2D eigenvalue weighted by Crippen LogP contribution is 2.34. The number of rotatable bonds is 8. The number of ether oxygens (including phenoxy) is 1. The molecule has 0 unspecified atom stereocenters. The fourth-order valence-electron chi connectivity index (χ4n) is 1.78. The first-order valence-electron chi connectivity index (χ1n) is 6.12. The molecule has 106 valence electrons. The number of unbranched alkanes of at least 4 members (excludes halogenated alkanes) is 1. The largest absolute Gasteiger partial charge is 0.383 e. The lowest BCUT2D eigenvalue weighted by Crippen LogP contribution is -2.67. The van der Waals surface area contributed by atoms with Gasteiger partial charge in [-0.2, -0.15) is 0 Å². The first-order chi connectivity index (χ1) is 8.35. The van der Waals surface area contributed by atoms with E-state index >= 15 is 0 Å². The third-order valence-electron chi connectivity index (χ3n) is 3.12. The van der Waals surface area contributed by atoms with Gasteiger partial charge < -0.3 is 10.1 Å². The minimum absolute atomic E-state index is 0.288. The SMILES string of the molecule is COCCNCCCCN1C(=O)C(C)(C)S1(=O)=O. The summed E-state index contributed by atoms with van der Waals surface area (Å²) in [5, 5.41) is 3.17. The van der Waals surface area contributed by atoms with Crippen LogP contribution in [0.2, 0.25) is 0 Å². The molecule has 0 bridgehead atoms. The Morgan fingerprint density at radius 1 is 1.28 bits per heavy atom. The lowest BCUT2D eigenvalue weighted by Gasteiger charge is -2.43. The Kier molecular flexibility index (Phi) is 5.12. The second kappa shape index (κ2) is 5.99. The summed E-state index contributed by atoms with van der Waals surface area (Å²) in [5.74, 6) is -0.296. The van der Waals surface area contributed by atoms with Gasteiger partial charge in [0.05, 0.1) is 6.61 Å². The summed E-state index contributed by atoms with van der Waals surface area (Å²) >= 11 is 0. The summed E-state index contributed by atoms with van der Waals surface area (Å²) in [6.45, 7) is 5.43. The Morgan fingerprint density at radius 3 is 2.50 bits per heavy atom. The van der Waals surface area contributed by atoms with Gasteiger partial charge in [-0.3, -0.25) is 4.79 Å². The summed E-state index contributed by atoms with van der Waals surface area (Å²) in [6, 6.07) is 0. The standard InChI is InChI=1S/C11H22N2O4S/c1-11(2)10(14)13(18(11,15)16)8-5-4-6-12-7-9-17-3/h12H,4-9H2,1-3H3. The molecule has 1 fully saturated rings. The van der Waals surface area contributed by atoms with Gasteiger partial charge in [-0.25, -0.2) is 12.7 Å². The van der Waals surface area contributed by atoms with Crippen LogP contribution in [0.4, 0.5) is 0 Å². The van der Waals surface area contributed by atoms with Gasteiger partial charge in [0.25, 0.3) is 15.9 Å². The number of nitrogens with one attached hydrogen (secondary N) is 1. The van der Waals surface area contributed by atoms with Crippen molar-refractivity contribution in [2.24, 2.45) is 0 Å². The van der Waals surface area contributed by atoms with Gasteiger partial charge in [-0.15, -0.1) is 0 Å². The summed E-state index contributed by atoms with van der Waals surface area (Å²) in [7, 11) is -1.77. The maximum atomic E-state index is 11.8. The quantitative estimate of drug-likeness (QED) is 0.630. The molecule has 1 rings (SSSR count). The Labute approximate surface area is 109 Å². The van der Waals surface area contributed by atoms with Crippen LogP contribution < -0.4 is 5.32 Å². The molecule has 0 aromatic rings. The van der Waals surface area contributed by atoms with E-state index in [0.717, 1.165) is 23.8 Å². The maximum absolute atomic E-state index is 11.8. The van der Waals surface area contributed by atoms with Crippen LogP contribution in [0.1, 0.15) is 26.7 Å². The molecule has 6 nitrogen and oxygen atoms in total. The van der Waals surface area contributed by atoms with Gasteiger partial charge in [0, 0.05) is 20.2 Å². The molecule has 0 aromatic carbocycles. The van der Waals surface area contributed by atoms with Crippen LogP contribution in [0.5, 0.6) is 0 Å². The first-order valence-corrected chi connectivity index (χ1v) is 7.56. The molecular weight excluding hydrogens is 256 g/mol. The van der Waals surface area contributed by atoms with E-state index in [2.05, 4.69) is 5.32 Å². The number of carbonyl (C=O) groups excluding carboxylic acids is 1. The Morgan fingerprint density at radius 2 is 1.94 bits per heavy atom. The molecule has 1 N–H and O–H groups in total. The molecule has 0 atom stereocenters. The van der Waals surface area contributed by atoms with Gasteiger partial charge in [0.2, 0.25) is 0 Å². The van der Waals surface area contributed by atoms with Gasteiger partial charge in [-0.05, 0) is 33.2 Å². The average Bonchev–Trinajstić information content (AvgIpc) is 2.31. The first kappa shape index (κ1) is 15.4. The van der Waals surface area contributed by atoms with E-state index in [4.69, 9.17) is 4.74 Å². The normalized spacial score (nSPS) is 20.8. The van der Waals surface area contributed by atoms with Gasteiger partial charge in [-0.1, -0.05) is 0 Å². The van der Waals surface area contributed by atoms with Gasteiger partial charge >= 0.3 is 0 Å². The number of methoxy groups -OCH3 is 1. The van der Waals surface area contributed by atoms with Crippen LogP contribution in [0.3, 0.4) is 0 Å². The van der Waals surface area contributed by atoms with Gasteiger partial charge in [0.1, 0.15) is 0 Å². The molecule has 1 saturated heterocycles. The number of sulfonamides is 1. The second-order valence-electron chi connectivity index (χ2n) is 4.84. The minimum Gasteiger partial charge on any atom is -0.383 e. The molecule has 1 aliphatic heterocycles. The topological polar surface area (TPSA) is 75.7 Å². The van der Waals surface area contributed by atoms with E-state index in [1.54, 1.807) is 7.11 Å². The number of hydrogen-bond acceptors (Lipinski definition) is 5. The van der Waals surface area contributed by atoms with Crippen molar-refractivity contribution in [3.8, 4) is 0 Å². The van der Waals surface area contributed by atoms with Crippen LogP contribution in [-0.4, -0.2) is 56.7 Å². The number of hydrogen-bond donors (Lipinski definition) is 1. The lowest BCUT2D eigenvalue weighted by atomic mass is 10.2.